The number of hydrogen-bond acceptors (Lipinski definition) is 6. The van der Waals surface area contributed by atoms with E-state index >= 15 is 0 Å². The van der Waals surface area contributed by atoms with Gasteiger partial charge in [0, 0.05) is 12.6 Å². The summed E-state index contributed by atoms with van der Waals surface area (Å²) in [4.78, 5) is 23.3. The lowest BCUT2D eigenvalue weighted by atomic mass is 10.1. The van der Waals surface area contributed by atoms with Crippen LogP contribution in [0.4, 0.5) is 5.69 Å². The average Bonchev–Trinajstić information content (AvgIpc) is 2.66. The molecular formula is C19H22N2O6. The molecule has 2 aromatic rings. The maximum Gasteiger partial charge on any atom is 0.286 e. The number of nitro groups is 1. The molecule has 0 aliphatic rings. The number of amides is 1. The zero-order valence-electron chi connectivity index (χ0n) is 15.5. The summed E-state index contributed by atoms with van der Waals surface area (Å²) in [6.45, 7) is 4.72. The maximum atomic E-state index is 12.6. The molecule has 27 heavy (non-hydrogen) atoms. The van der Waals surface area contributed by atoms with Crippen LogP contribution in [-0.4, -0.2) is 31.2 Å². The summed E-state index contributed by atoms with van der Waals surface area (Å²) in [5.74, 6) is 0.587. The third-order valence-electron chi connectivity index (χ3n) is 3.69. The van der Waals surface area contributed by atoms with Crippen LogP contribution in [0.25, 0.3) is 0 Å². The monoisotopic (exact) mass is 374 g/mol. The number of rotatable bonds is 9. The minimum absolute atomic E-state index is 0.0924. The Bertz CT molecular complexity index is 822. The van der Waals surface area contributed by atoms with Crippen molar-refractivity contribution in [1.29, 1.82) is 0 Å². The summed E-state index contributed by atoms with van der Waals surface area (Å²) in [6.07, 6.45) is 0. The highest BCUT2D eigenvalue weighted by Gasteiger charge is 2.24. The standard InChI is InChI=1S/C19H22N2O6/c1-4-26-14-8-6-7-13(9-14)12-20-19(22)15-10-18(27-5-2)17(25-3)11-16(15)21(23)24/h6-11H,4-5,12H2,1-3H3,(H,20,22). The van der Waals surface area contributed by atoms with Gasteiger partial charge in [0.2, 0.25) is 0 Å². The summed E-state index contributed by atoms with van der Waals surface area (Å²) >= 11 is 0. The first kappa shape index (κ1) is 20.0. The largest absolute Gasteiger partial charge is 0.494 e. The summed E-state index contributed by atoms with van der Waals surface area (Å²) in [6, 6.07) is 9.78. The number of nitro benzene ring substituents is 1. The van der Waals surface area contributed by atoms with Crippen LogP contribution in [0.2, 0.25) is 0 Å². The van der Waals surface area contributed by atoms with Gasteiger partial charge in [0.25, 0.3) is 11.6 Å². The van der Waals surface area contributed by atoms with Gasteiger partial charge in [-0.1, -0.05) is 12.1 Å². The molecule has 0 aliphatic heterocycles. The Kier molecular flexibility index (Phi) is 6.99. The molecule has 0 spiro atoms. The van der Waals surface area contributed by atoms with Crippen molar-refractivity contribution in [2.75, 3.05) is 20.3 Å². The van der Waals surface area contributed by atoms with Gasteiger partial charge in [-0.2, -0.15) is 0 Å². The van der Waals surface area contributed by atoms with Gasteiger partial charge in [0.15, 0.2) is 11.5 Å². The number of carbonyl (C=O) groups excluding carboxylic acids is 1. The van der Waals surface area contributed by atoms with Crippen LogP contribution in [0.3, 0.4) is 0 Å². The van der Waals surface area contributed by atoms with Crippen molar-refractivity contribution >= 4 is 11.6 Å². The first-order chi connectivity index (χ1) is 13.0. The highest BCUT2D eigenvalue weighted by Crippen LogP contribution is 2.34. The molecule has 0 saturated carbocycles. The molecule has 0 heterocycles. The summed E-state index contributed by atoms with van der Waals surface area (Å²) < 4.78 is 16.0. The van der Waals surface area contributed by atoms with Gasteiger partial charge in [-0.3, -0.25) is 14.9 Å². The number of benzene rings is 2. The van der Waals surface area contributed by atoms with Gasteiger partial charge in [-0.05, 0) is 31.5 Å². The third-order valence-corrected chi connectivity index (χ3v) is 3.69. The van der Waals surface area contributed by atoms with Gasteiger partial charge < -0.3 is 19.5 Å². The van der Waals surface area contributed by atoms with Crippen molar-refractivity contribution in [3.8, 4) is 17.2 Å². The third kappa shape index (κ3) is 5.10. The fourth-order valence-corrected chi connectivity index (χ4v) is 2.50. The second kappa shape index (κ2) is 9.42. The molecule has 8 nitrogen and oxygen atoms in total. The number of nitrogens with one attached hydrogen (secondary N) is 1. The van der Waals surface area contributed by atoms with Crippen molar-refractivity contribution in [2.45, 2.75) is 20.4 Å². The Labute approximate surface area is 157 Å². The number of hydrogen-bond donors (Lipinski definition) is 1. The van der Waals surface area contributed by atoms with E-state index in [2.05, 4.69) is 5.32 Å². The number of methoxy groups -OCH3 is 1. The number of ether oxygens (including phenoxy) is 3. The molecule has 1 N–H and O–H groups in total. The summed E-state index contributed by atoms with van der Waals surface area (Å²) in [7, 11) is 1.38. The van der Waals surface area contributed by atoms with E-state index in [-0.39, 0.29) is 29.3 Å². The van der Waals surface area contributed by atoms with Crippen LogP contribution in [0.15, 0.2) is 36.4 Å². The normalized spacial score (nSPS) is 10.2. The molecule has 8 heteroatoms. The van der Waals surface area contributed by atoms with Gasteiger partial charge >= 0.3 is 0 Å². The van der Waals surface area contributed by atoms with E-state index in [1.54, 1.807) is 13.0 Å². The van der Waals surface area contributed by atoms with Crippen LogP contribution in [0.5, 0.6) is 17.2 Å². The molecule has 0 unspecified atom stereocenters. The van der Waals surface area contributed by atoms with E-state index in [4.69, 9.17) is 14.2 Å². The van der Waals surface area contributed by atoms with Crippen LogP contribution in [-0.2, 0) is 6.54 Å². The fraction of sp³-hybridized carbons (Fsp3) is 0.316. The van der Waals surface area contributed by atoms with Crippen LogP contribution >= 0.6 is 0 Å². The molecule has 2 rings (SSSR count). The Morgan fingerprint density at radius 3 is 2.48 bits per heavy atom. The van der Waals surface area contributed by atoms with Crippen LogP contribution in [0.1, 0.15) is 29.8 Å². The highest BCUT2D eigenvalue weighted by molar-refractivity contribution is 5.99. The smallest absolute Gasteiger partial charge is 0.286 e. The topological polar surface area (TPSA) is 99.9 Å². The zero-order chi connectivity index (χ0) is 19.8. The minimum Gasteiger partial charge on any atom is -0.494 e. The Morgan fingerprint density at radius 1 is 1.11 bits per heavy atom. The molecule has 0 aromatic heterocycles. The van der Waals surface area contributed by atoms with Gasteiger partial charge in [0.05, 0.1) is 31.3 Å². The van der Waals surface area contributed by atoms with Crippen LogP contribution in [0, 0.1) is 10.1 Å². The molecule has 0 aliphatic carbocycles. The lowest BCUT2D eigenvalue weighted by Crippen LogP contribution is -2.24. The van der Waals surface area contributed by atoms with Crippen molar-refractivity contribution in [2.24, 2.45) is 0 Å². The lowest BCUT2D eigenvalue weighted by Gasteiger charge is -2.12. The molecule has 0 radical (unpaired) electrons. The van der Waals surface area contributed by atoms with Crippen LogP contribution < -0.4 is 19.5 Å². The molecule has 0 saturated heterocycles. The van der Waals surface area contributed by atoms with Gasteiger partial charge in [0.1, 0.15) is 11.3 Å². The molecule has 0 atom stereocenters. The fourth-order valence-electron chi connectivity index (χ4n) is 2.50. The Hall–Kier alpha value is -3.29. The van der Waals surface area contributed by atoms with Gasteiger partial charge in [-0.15, -0.1) is 0 Å². The van der Waals surface area contributed by atoms with Crippen molar-refractivity contribution < 1.29 is 23.9 Å². The molecule has 0 fully saturated rings. The van der Waals surface area contributed by atoms with E-state index in [9.17, 15) is 14.9 Å². The molecule has 144 valence electrons. The predicted octanol–water partition coefficient (Wildman–Crippen LogP) is 3.33. The van der Waals surface area contributed by atoms with Crippen molar-refractivity contribution in [1.82, 2.24) is 5.32 Å². The SMILES string of the molecule is CCOc1cccc(CNC(=O)c2cc(OCC)c(OC)cc2[N+](=O)[O-])c1. The summed E-state index contributed by atoms with van der Waals surface area (Å²) in [5, 5.41) is 14.1. The minimum atomic E-state index is -0.622. The Morgan fingerprint density at radius 2 is 1.85 bits per heavy atom. The lowest BCUT2D eigenvalue weighted by molar-refractivity contribution is -0.385. The van der Waals surface area contributed by atoms with Gasteiger partial charge in [-0.25, -0.2) is 0 Å². The predicted molar refractivity (Wildman–Crippen MR) is 99.6 cm³/mol. The molecular weight excluding hydrogens is 352 g/mol. The molecule has 0 bridgehead atoms. The number of nitrogens with zero attached hydrogens (tertiary/aromatic N) is 1. The van der Waals surface area contributed by atoms with E-state index in [1.807, 2.05) is 25.1 Å². The Balaban J connectivity index is 2.25. The average molecular weight is 374 g/mol. The van der Waals surface area contributed by atoms with E-state index in [0.29, 0.717) is 19.0 Å². The van der Waals surface area contributed by atoms with Crippen molar-refractivity contribution in [3.63, 3.8) is 0 Å². The second-order valence-corrected chi connectivity index (χ2v) is 5.47. The molecule has 2 aromatic carbocycles. The quantitative estimate of drug-likeness (QED) is 0.534. The zero-order valence-corrected chi connectivity index (χ0v) is 15.5. The first-order valence-corrected chi connectivity index (χ1v) is 8.49. The second-order valence-electron chi connectivity index (χ2n) is 5.47. The van der Waals surface area contributed by atoms with Crippen molar-refractivity contribution in [3.05, 3.63) is 57.6 Å². The summed E-state index contributed by atoms with van der Waals surface area (Å²) in [5.41, 5.74) is 0.372. The number of carbonyl (C=O) groups is 1. The van der Waals surface area contributed by atoms with E-state index in [0.717, 1.165) is 5.56 Å². The maximum absolute atomic E-state index is 12.6. The van der Waals surface area contributed by atoms with E-state index < -0.39 is 10.8 Å². The molecule has 1 amide bonds. The highest BCUT2D eigenvalue weighted by atomic mass is 16.6. The first-order valence-electron chi connectivity index (χ1n) is 8.49. The van der Waals surface area contributed by atoms with E-state index in [1.165, 1.54) is 19.2 Å².